The van der Waals surface area contributed by atoms with Gasteiger partial charge in [0, 0.05) is 12.0 Å². The highest BCUT2D eigenvalue weighted by molar-refractivity contribution is 5.89. The number of hydrogen-bond acceptors (Lipinski definition) is 3. The number of hydrogen-bond donors (Lipinski definition) is 1. The molecular weight excluding hydrogens is 261 g/mol. The van der Waals surface area contributed by atoms with E-state index < -0.39 is 18.1 Å². The molecule has 0 unspecified atom stereocenters. The fourth-order valence-electron chi connectivity index (χ4n) is 1.42. The summed E-state index contributed by atoms with van der Waals surface area (Å²) in [5.41, 5.74) is 0.810. The lowest BCUT2D eigenvalue weighted by molar-refractivity contribution is -0.128. The first-order valence-corrected chi connectivity index (χ1v) is 6.45. The van der Waals surface area contributed by atoms with E-state index in [9.17, 15) is 14.0 Å². The molecule has 0 saturated carbocycles. The average molecular weight is 281 g/mol. The Hall–Kier alpha value is -1.91. The Bertz CT molecular complexity index is 463. The van der Waals surface area contributed by atoms with Crippen LogP contribution in [0, 0.1) is 5.41 Å². The van der Waals surface area contributed by atoms with Gasteiger partial charge in [-0.15, -0.1) is 0 Å². The molecule has 0 heterocycles. The molecule has 20 heavy (non-hydrogen) atoms. The van der Waals surface area contributed by atoms with Crippen LogP contribution < -0.4 is 5.32 Å². The summed E-state index contributed by atoms with van der Waals surface area (Å²) in [7, 11) is 0. The molecular formula is C15H20FNO3. The van der Waals surface area contributed by atoms with Crippen molar-refractivity contribution in [3.05, 3.63) is 35.4 Å². The third kappa shape index (κ3) is 4.99. The lowest BCUT2D eigenvalue weighted by Crippen LogP contribution is -2.34. The van der Waals surface area contributed by atoms with E-state index in [1.807, 2.05) is 20.8 Å². The zero-order chi connectivity index (χ0) is 15.2. The molecule has 0 aliphatic carbocycles. The van der Waals surface area contributed by atoms with E-state index in [2.05, 4.69) is 10.1 Å². The molecule has 4 nitrogen and oxygen atoms in total. The van der Waals surface area contributed by atoms with Gasteiger partial charge in [-0.1, -0.05) is 32.9 Å². The summed E-state index contributed by atoms with van der Waals surface area (Å²) in [4.78, 5) is 23.2. The van der Waals surface area contributed by atoms with Crippen LogP contribution in [-0.4, -0.2) is 25.2 Å². The van der Waals surface area contributed by atoms with Gasteiger partial charge in [0.25, 0.3) is 0 Å². The first kappa shape index (κ1) is 16.1. The molecule has 0 aliphatic heterocycles. The van der Waals surface area contributed by atoms with Gasteiger partial charge in [0.1, 0.15) is 13.3 Å². The van der Waals surface area contributed by atoms with Gasteiger partial charge in [0.2, 0.25) is 5.91 Å². The fraction of sp³-hybridized carbons (Fsp3) is 0.467. The van der Waals surface area contributed by atoms with E-state index in [0.717, 1.165) is 5.56 Å². The molecule has 0 spiro atoms. The van der Waals surface area contributed by atoms with Gasteiger partial charge >= 0.3 is 5.97 Å². The molecule has 0 atom stereocenters. The number of amides is 1. The first-order valence-electron chi connectivity index (χ1n) is 6.45. The van der Waals surface area contributed by atoms with Crippen molar-refractivity contribution in [1.82, 2.24) is 5.32 Å². The van der Waals surface area contributed by atoms with Crippen molar-refractivity contribution in [3.63, 3.8) is 0 Å². The van der Waals surface area contributed by atoms with Crippen LogP contribution in [0.15, 0.2) is 24.3 Å². The predicted molar refractivity (Wildman–Crippen MR) is 74.0 cm³/mol. The SMILES string of the molecule is CC(C)(C)C(=O)NCc1ccc(C(=O)OCCF)cc1. The van der Waals surface area contributed by atoms with E-state index in [-0.39, 0.29) is 12.5 Å². The van der Waals surface area contributed by atoms with Crippen molar-refractivity contribution in [1.29, 1.82) is 0 Å². The van der Waals surface area contributed by atoms with Crippen molar-refractivity contribution >= 4 is 11.9 Å². The van der Waals surface area contributed by atoms with Crippen LogP contribution >= 0.6 is 0 Å². The molecule has 1 amide bonds. The highest BCUT2D eigenvalue weighted by atomic mass is 19.1. The number of halogens is 1. The van der Waals surface area contributed by atoms with Crippen LogP contribution in [0.5, 0.6) is 0 Å². The van der Waals surface area contributed by atoms with Gasteiger partial charge in [-0.3, -0.25) is 4.79 Å². The van der Waals surface area contributed by atoms with Crippen LogP contribution in [0.1, 0.15) is 36.7 Å². The summed E-state index contributed by atoms with van der Waals surface area (Å²) in [5.74, 6) is -0.586. The fourth-order valence-corrected chi connectivity index (χ4v) is 1.42. The molecule has 1 aromatic carbocycles. The number of rotatable bonds is 5. The maximum Gasteiger partial charge on any atom is 0.338 e. The molecule has 0 aromatic heterocycles. The Balaban J connectivity index is 2.55. The summed E-state index contributed by atoms with van der Waals surface area (Å²) in [6.45, 7) is 4.99. The lowest BCUT2D eigenvalue weighted by Gasteiger charge is -2.17. The minimum absolute atomic E-state index is 0.0380. The van der Waals surface area contributed by atoms with Crippen molar-refractivity contribution in [2.24, 2.45) is 5.41 Å². The number of alkyl halides is 1. The number of ether oxygens (including phenoxy) is 1. The summed E-state index contributed by atoms with van der Waals surface area (Å²) in [5, 5.41) is 2.82. The first-order chi connectivity index (χ1) is 9.34. The van der Waals surface area contributed by atoms with Gasteiger partial charge in [0.15, 0.2) is 0 Å². The smallest absolute Gasteiger partial charge is 0.338 e. The lowest BCUT2D eigenvalue weighted by atomic mass is 9.95. The Labute approximate surface area is 118 Å². The molecule has 0 fully saturated rings. The van der Waals surface area contributed by atoms with Gasteiger partial charge < -0.3 is 10.1 Å². The highest BCUT2D eigenvalue weighted by Gasteiger charge is 2.20. The molecule has 0 aliphatic rings. The second-order valence-electron chi connectivity index (χ2n) is 5.45. The zero-order valence-corrected chi connectivity index (χ0v) is 12.0. The number of nitrogens with one attached hydrogen (secondary N) is 1. The maximum absolute atomic E-state index is 11.9. The van der Waals surface area contributed by atoms with E-state index in [1.54, 1.807) is 24.3 Å². The third-order valence-corrected chi connectivity index (χ3v) is 2.63. The third-order valence-electron chi connectivity index (χ3n) is 2.63. The summed E-state index contributed by atoms with van der Waals surface area (Å²) in [6.07, 6.45) is 0. The average Bonchev–Trinajstić information content (AvgIpc) is 2.41. The second-order valence-corrected chi connectivity index (χ2v) is 5.45. The molecule has 0 radical (unpaired) electrons. The van der Waals surface area contributed by atoms with Crippen LogP contribution in [-0.2, 0) is 16.1 Å². The van der Waals surface area contributed by atoms with E-state index >= 15 is 0 Å². The molecule has 0 saturated heterocycles. The Morgan fingerprint density at radius 1 is 1.20 bits per heavy atom. The monoisotopic (exact) mass is 281 g/mol. The van der Waals surface area contributed by atoms with Gasteiger partial charge in [0.05, 0.1) is 5.56 Å². The Morgan fingerprint density at radius 3 is 2.30 bits per heavy atom. The minimum atomic E-state index is -0.692. The van der Waals surface area contributed by atoms with E-state index in [4.69, 9.17) is 0 Å². The summed E-state index contributed by atoms with van der Waals surface area (Å²) < 4.78 is 16.6. The predicted octanol–water partition coefficient (Wildman–Crippen LogP) is 2.48. The standard InChI is InChI=1S/C15H20FNO3/c1-15(2,3)14(19)17-10-11-4-6-12(7-5-11)13(18)20-9-8-16/h4-7H,8-10H2,1-3H3,(H,17,19). The van der Waals surface area contributed by atoms with Gasteiger partial charge in [-0.25, -0.2) is 9.18 Å². The maximum atomic E-state index is 11.9. The minimum Gasteiger partial charge on any atom is -0.459 e. The molecule has 1 N–H and O–H groups in total. The van der Waals surface area contributed by atoms with E-state index in [1.165, 1.54) is 0 Å². The van der Waals surface area contributed by atoms with Crippen molar-refractivity contribution in [2.45, 2.75) is 27.3 Å². The van der Waals surface area contributed by atoms with Crippen LogP contribution in [0.2, 0.25) is 0 Å². The van der Waals surface area contributed by atoms with Crippen LogP contribution in [0.25, 0.3) is 0 Å². The number of carbonyl (C=O) groups excluding carboxylic acids is 2. The molecule has 0 bridgehead atoms. The highest BCUT2D eigenvalue weighted by Crippen LogP contribution is 2.13. The summed E-state index contributed by atoms with van der Waals surface area (Å²) >= 11 is 0. The molecule has 1 aromatic rings. The van der Waals surface area contributed by atoms with Crippen molar-refractivity contribution in [2.75, 3.05) is 13.3 Å². The van der Waals surface area contributed by atoms with Gasteiger partial charge in [-0.05, 0) is 17.7 Å². The molecule has 5 heteroatoms. The number of benzene rings is 1. The quantitative estimate of drug-likeness (QED) is 0.844. The second kappa shape index (κ2) is 7.03. The topological polar surface area (TPSA) is 55.4 Å². The number of esters is 1. The van der Waals surface area contributed by atoms with Crippen LogP contribution in [0.3, 0.4) is 0 Å². The number of carbonyl (C=O) groups is 2. The van der Waals surface area contributed by atoms with E-state index in [0.29, 0.717) is 12.1 Å². The van der Waals surface area contributed by atoms with Crippen molar-refractivity contribution in [3.8, 4) is 0 Å². The largest absolute Gasteiger partial charge is 0.459 e. The molecule has 1 rings (SSSR count). The summed E-state index contributed by atoms with van der Waals surface area (Å²) in [6, 6.07) is 6.66. The Morgan fingerprint density at radius 2 is 1.80 bits per heavy atom. The van der Waals surface area contributed by atoms with Gasteiger partial charge in [-0.2, -0.15) is 0 Å². The zero-order valence-electron chi connectivity index (χ0n) is 12.0. The van der Waals surface area contributed by atoms with Crippen LogP contribution in [0.4, 0.5) is 4.39 Å². The Kier molecular flexibility index (Phi) is 5.67. The molecule has 110 valence electrons. The van der Waals surface area contributed by atoms with Crippen molar-refractivity contribution < 1.29 is 18.7 Å². The normalized spacial score (nSPS) is 11.0.